The van der Waals surface area contributed by atoms with Crippen LogP contribution >= 0.6 is 39.1 Å². The Kier molecular flexibility index (Phi) is 5.08. The zero-order valence-corrected chi connectivity index (χ0v) is 14.1. The highest BCUT2D eigenvalue weighted by atomic mass is 79.9. The lowest BCUT2D eigenvalue weighted by Crippen LogP contribution is -2.19. The maximum Gasteiger partial charge on any atom is 0.127 e. The first-order valence-electron chi connectivity index (χ1n) is 6.01. The minimum absolute atomic E-state index is 0.171. The Morgan fingerprint density at radius 1 is 1.15 bits per heavy atom. The minimum Gasteiger partial charge on any atom is -0.309 e. The van der Waals surface area contributed by atoms with Crippen LogP contribution in [0.4, 0.5) is 4.39 Å². The second kappa shape index (κ2) is 6.44. The number of aryl methyl sites for hydroxylation is 1. The van der Waals surface area contributed by atoms with Crippen LogP contribution in [0.15, 0.2) is 34.8 Å². The van der Waals surface area contributed by atoms with Crippen molar-refractivity contribution in [3.05, 3.63) is 67.4 Å². The number of benzene rings is 2. The van der Waals surface area contributed by atoms with Gasteiger partial charge >= 0.3 is 0 Å². The monoisotopic (exact) mass is 375 g/mol. The third kappa shape index (κ3) is 3.17. The molecule has 0 bridgehead atoms. The van der Waals surface area contributed by atoms with Crippen LogP contribution in [0.5, 0.6) is 0 Å². The van der Waals surface area contributed by atoms with E-state index in [1.165, 1.54) is 6.07 Å². The summed E-state index contributed by atoms with van der Waals surface area (Å²) in [7, 11) is 1.83. The number of hydrogen-bond donors (Lipinski definition) is 1. The fraction of sp³-hybridized carbons (Fsp3) is 0.200. The summed E-state index contributed by atoms with van der Waals surface area (Å²) in [5, 5.41) is 4.22. The lowest BCUT2D eigenvalue weighted by Gasteiger charge is -2.21. The van der Waals surface area contributed by atoms with Crippen LogP contribution in [-0.2, 0) is 0 Å². The SMILES string of the molecule is CNC(c1cc(C)c(F)cc1Cl)c1cc(Cl)ccc1Br. The average Bonchev–Trinajstić information content (AvgIpc) is 2.40. The molecule has 20 heavy (non-hydrogen) atoms. The van der Waals surface area contributed by atoms with Crippen LogP contribution in [0.2, 0.25) is 10.0 Å². The molecule has 0 saturated carbocycles. The lowest BCUT2D eigenvalue weighted by atomic mass is 9.97. The van der Waals surface area contributed by atoms with Gasteiger partial charge in [-0.15, -0.1) is 0 Å². The molecule has 0 radical (unpaired) electrons. The zero-order chi connectivity index (χ0) is 14.9. The lowest BCUT2D eigenvalue weighted by molar-refractivity contribution is 0.614. The van der Waals surface area contributed by atoms with E-state index in [2.05, 4.69) is 21.2 Å². The topological polar surface area (TPSA) is 12.0 Å². The van der Waals surface area contributed by atoms with Crippen molar-refractivity contribution in [2.24, 2.45) is 0 Å². The van der Waals surface area contributed by atoms with E-state index in [1.807, 2.05) is 19.2 Å². The van der Waals surface area contributed by atoms with Gasteiger partial charge in [-0.2, -0.15) is 0 Å². The Morgan fingerprint density at radius 3 is 2.50 bits per heavy atom. The molecule has 0 saturated heterocycles. The molecule has 1 unspecified atom stereocenters. The first-order valence-corrected chi connectivity index (χ1v) is 7.56. The molecule has 0 aliphatic rings. The van der Waals surface area contributed by atoms with Gasteiger partial charge in [0.1, 0.15) is 5.82 Å². The van der Waals surface area contributed by atoms with Crippen molar-refractivity contribution in [2.45, 2.75) is 13.0 Å². The van der Waals surface area contributed by atoms with E-state index in [0.717, 1.165) is 15.6 Å². The van der Waals surface area contributed by atoms with E-state index in [1.54, 1.807) is 19.1 Å². The molecule has 2 aromatic rings. The van der Waals surface area contributed by atoms with E-state index < -0.39 is 0 Å². The highest BCUT2D eigenvalue weighted by Crippen LogP contribution is 2.35. The van der Waals surface area contributed by atoms with Crippen LogP contribution in [0.25, 0.3) is 0 Å². The largest absolute Gasteiger partial charge is 0.309 e. The van der Waals surface area contributed by atoms with Crippen molar-refractivity contribution in [1.29, 1.82) is 0 Å². The van der Waals surface area contributed by atoms with Crippen LogP contribution in [0.1, 0.15) is 22.7 Å². The molecule has 0 aromatic heterocycles. The number of hydrogen-bond acceptors (Lipinski definition) is 1. The van der Waals surface area contributed by atoms with Gasteiger partial charge in [0, 0.05) is 14.5 Å². The van der Waals surface area contributed by atoms with Crippen LogP contribution < -0.4 is 5.32 Å². The van der Waals surface area contributed by atoms with E-state index in [9.17, 15) is 4.39 Å². The minimum atomic E-state index is -0.307. The fourth-order valence-corrected chi connectivity index (χ4v) is 3.03. The predicted octanol–water partition coefficient (Wildman–Crippen LogP) is 5.51. The van der Waals surface area contributed by atoms with E-state index in [4.69, 9.17) is 23.2 Å². The number of rotatable bonds is 3. The summed E-state index contributed by atoms with van der Waals surface area (Å²) in [5.41, 5.74) is 2.33. The summed E-state index contributed by atoms with van der Waals surface area (Å²) in [6, 6.07) is 8.48. The summed E-state index contributed by atoms with van der Waals surface area (Å²) >= 11 is 15.8. The van der Waals surface area contributed by atoms with E-state index in [0.29, 0.717) is 15.6 Å². The summed E-state index contributed by atoms with van der Waals surface area (Å²) in [5.74, 6) is -0.307. The van der Waals surface area contributed by atoms with Gasteiger partial charge in [0.25, 0.3) is 0 Å². The normalized spacial score (nSPS) is 12.5. The van der Waals surface area contributed by atoms with Crippen molar-refractivity contribution in [3.8, 4) is 0 Å². The molecule has 1 N–H and O–H groups in total. The van der Waals surface area contributed by atoms with Gasteiger partial charge in [-0.05, 0) is 61.0 Å². The molecule has 0 amide bonds. The molecule has 1 nitrogen and oxygen atoms in total. The fourth-order valence-electron chi connectivity index (χ4n) is 2.12. The number of halogens is 4. The molecule has 0 spiro atoms. The summed E-state index contributed by atoms with van der Waals surface area (Å²) < 4.78 is 14.5. The number of nitrogens with one attached hydrogen (secondary N) is 1. The van der Waals surface area contributed by atoms with Gasteiger partial charge in [0.15, 0.2) is 0 Å². The van der Waals surface area contributed by atoms with Gasteiger partial charge < -0.3 is 5.32 Å². The third-order valence-corrected chi connectivity index (χ3v) is 4.43. The van der Waals surface area contributed by atoms with Gasteiger partial charge in [-0.25, -0.2) is 4.39 Å². The van der Waals surface area contributed by atoms with E-state index in [-0.39, 0.29) is 11.9 Å². The maximum absolute atomic E-state index is 13.5. The molecule has 2 rings (SSSR count). The predicted molar refractivity (Wildman–Crippen MR) is 86.2 cm³/mol. The highest BCUT2D eigenvalue weighted by molar-refractivity contribution is 9.10. The molecule has 0 aliphatic carbocycles. The third-order valence-electron chi connectivity index (χ3n) is 3.15. The first kappa shape index (κ1) is 15.8. The van der Waals surface area contributed by atoms with Crippen molar-refractivity contribution < 1.29 is 4.39 Å². The average molecular weight is 377 g/mol. The Bertz CT molecular complexity index is 646. The highest BCUT2D eigenvalue weighted by Gasteiger charge is 2.19. The molecule has 2 aromatic carbocycles. The van der Waals surface area contributed by atoms with Gasteiger partial charge in [0.05, 0.1) is 6.04 Å². The van der Waals surface area contributed by atoms with E-state index >= 15 is 0 Å². The maximum atomic E-state index is 13.5. The molecule has 0 fully saturated rings. The quantitative estimate of drug-likeness (QED) is 0.744. The Balaban J connectivity index is 2.58. The van der Waals surface area contributed by atoms with Crippen molar-refractivity contribution >= 4 is 39.1 Å². The Labute approximate surface area is 136 Å². The second-order valence-corrected chi connectivity index (χ2v) is 6.21. The van der Waals surface area contributed by atoms with Crippen molar-refractivity contribution in [2.75, 3.05) is 7.05 Å². The van der Waals surface area contributed by atoms with Gasteiger partial charge in [0.2, 0.25) is 0 Å². The smallest absolute Gasteiger partial charge is 0.127 e. The van der Waals surface area contributed by atoms with Crippen molar-refractivity contribution in [1.82, 2.24) is 5.32 Å². The van der Waals surface area contributed by atoms with Gasteiger partial charge in [-0.3, -0.25) is 0 Å². The second-order valence-electron chi connectivity index (χ2n) is 4.51. The van der Waals surface area contributed by atoms with Crippen molar-refractivity contribution in [3.63, 3.8) is 0 Å². The molecule has 106 valence electrons. The molecule has 1 atom stereocenters. The Morgan fingerprint density at radius 2 is 1.85 bits per heavy atom. The zero-order valence-electron chi connectivity index (χ0n) is 11.0. The van der Waals surface area contributed by atoms with Gasteiger partial charge in [-0.1, -0.05) is 39.1 Å². The molecule has 0 heterocycles. The molecule has 0 aliphatic heterocycles. The summed E-state index contributed by atoms with van der Waals surface area (Å²) in [6.07, 6.45) is 0. The standard InChI is InChI=1S/C15H13BrCl2FN/c1-8-5-11(13(18)7-14(8)19)15(20-2)10-6-9(17)3-4-12(10)16/h3-7,15,20H,1-2H3. The summed E-state index contributed by atoms with van der Waals surface area (Å²) in [6.45, 7) is 1.72. The Hall–Kier alpha value is -0.610. The summed E-state index contributed by atoms with van der Waals surface area (Å²) in [4.78, 5) is 0. The van der Waals surface area contributed by atoms with Crippen LogP contribution in [0.3, 0.4) is 0 Å². The molecule has 5 heteroatoms. The van der Waals surface area contributed by atoms with Crippen LogP contribution in [-0.4, -0.2) is 7.05 Å². The molecular weight excluding hydrogens is 364 g/mol. The molecular formula is C15H13BrCl2FN. The first-order chi connectivity index (χ1) is 9.43. The van der Waals surface area contributed by atoms with Crippen LogP contribution in [0, 0.1) is 12.7 Å².